The van der Waals surface area contributed by atoms with Crippen molar-refractivity contribution in [2.24, 2.45) is 0 Å². The van der Waals surface area contributed by atoms with E-state index in [2.05, 4.69) is 9.71 Å². The number of anilines is 1. The van der Waals surface area contributed by atoms with Gasteiger partial charge < -0.3 is 5.11 Å². The Labute approximate surface area is 113 Å². The second-order valence-corrected chi connectivity index (χ2v) is 6.34. The lowest BCUT2D eigenvalue weighted by atomic mass is 10.4. The molecule has 0 aliphatic rings. The molecule has 2 heterocycles. The lowest BCUT2D eigenvalue weighted by molar-refractivity contribution is 0.0702. The number of hydrogen-bond donors (Lipinski definition) is 2. The minimum Gasteiger partial charge on any atom is -0.477 e. The topological polar surface area (TPSA) is 96.4 Å². The maximum absolute atomic E-state index is 12.0. The fourth-order valence-electron chi connectivity index (χ4n) is 1.31. The van der Waals surface area contributed by atoms with E-state index < -0.39 is 16.0 Å². The summed E-state index contributed by atoms with van der Waals surface area (Å²) in [5.41, 5.74) is 1.10. The van der Waals surface area contributed by atoms with Crippen LogP contribution in [0.1, 0.15) is 15.4 Å². The van der Waals surface area contributed by atoms with Gasteiger partial charge in [-0.25, -0.2) is 13.2 Å². The number of aryl methyl sites for hydroxylation is 1. The first-order chi connectivity index (χ1) is 8.88. The SMILES string of the molecule is Cc1ccc(NS(=O)(=O)c2csc(C(=O)O)c2)cn1. The van der Waals surface area contributed by atoms with E-state index in [1.54, 1.807) is 19.1 Å². The van der Waals surface area contributed by atoms with Gasteiger partial charge >= 0.3 is 5.97 Å². The van der Waals surface area contributed by atoms with Crippen LogP contribution in [-0.2, 0) is 10.0 Å². The second kappa shape index (κ2) is 4.98. The Balaban J connectivity index is 2.26. The van der Waals surface area contributed by atoms with Crippen molar-refractivity contribution < 1.29 is 18.3 Å². The van der Waals surface area contributed by atoms with Crippen LogP contribution in [0.25, 0.3) is 0 Å². The van der Waals surface area contributed by atoms with Crippen LogP contribution in [-0.4, -0.2) is 24.5 Å². The largest absolute Gasteiger partial charge is 0.477 e. The van der Waals surface area contributed by atoms with Crippen molar-refractivity contribution in [3.63, 3.8) is 0 Å². The molecule has 0 spiro atoms. The first kappa shape index (κ1) is 13.5. The number of thiophene rings is 1. The van der Waals surface area contributed by atoms with Gasteiger partial charge in [-0.2, -0.15) is 0 Å². The summed E-state index contributed by atoms with van der Waals surface area (Å²) in [6.07, 6.45) is 1.40. The van der Waals surface area contributed by atoms with Crippen LogP contribution in [0.5, 0.6) is 0 Å². The Hall–Kier alpha value is -1.93. The molecule has 0 aliphatic carbocycles. The maximum Gasteiger partial charge on any atom is 0.345 e. The summed E-state index contributed by atoms with van der Waals surface area (Å²) in [5, 5.41) is 10.1. The van der Waals surface area contributed by atoms with Gasteiger partial charge in [0, 0.05) is 11.1 Å². The summed E-state index contributed by atoms with van der Waals surface area (Å²) >= 11 is 0.863. The molecule has 0 radical (unpaired) electrons. The first-order valence-electron chi connectivity index (χ1n) is 5.16. The third kappa shape index (κ3) is 3.09. The van der Waals surface area contributed by atoms with E-state index in [-0.39, 0.29) is 9.77 Å². The van der Waals surface area contributed by atoms with Crippen LogP contribution in [0.15, 0.2) is 34.7 Å². The van der Waals surface area contributed by atoms with Crippen LogP contribution in [0, 0.1) is 6.92 Å². The van der Waals surface area contributed by atoms with E-state index in [9.17, 15) is 13.2 Å². The third-order valence-corrected chi connectivity index (χ3v) is 4.69. The zero-order chi connectivity index (χ0) is 14.0. The van der Waals surface area contributed by atoms with Gasteiger partial charge in [0.05, 0.1) is 16.8 Å². The highest BCUT2D eigenvalue weighted by atomic mass is 32.2. The van der Waals surface area contributed by atoms with Gasteiger partial charge in [0.25, 0.3) is 10.0 Å². The van der Waals surface area contributed by atoms with Crippen molar-refractivity contribution in [1.29, 1.82) is 0 Å². The van der Waals surface area contributed by atoms with Gasteiger partial charge in [0.1, 0.15) is 4.88 Å². The van der Waals surface area contributed by atoms with Crippen molar-refractivity contribution in [3.05, 3.63) is 40.3 Å². The van der Waals surface area contributed by atoms with Gasteiger partial charge in [0.2, 0.25) is 0 Å². The van der Waals surface area contributed by atoms with Crippen LogP contribution < -0.4 is 4.72 Å². The Morgan fingerprint density at radius 3 is 2.68 bits per heavy atom. The molecule has 2 rings (SSSR count). The summed E-state index contributed by atoms with van der Waals surface area (Å²) in [5.74, 6) is -1.15. The quantitative estimate of drug-likeness (QED) is 0.899. The Kier molecular flexibility index (Phi) is 3.54. The number of aromatic nitrogens is 1. The van der Waals surface area contributed by atoms with Crippen molar-refractivity contribution in [1.82, 2.24) is 4.98 Å². The molecule has 0 bridgehead atoms. The summed E-state index contributed by atoms with van der Waals surface area (Å²) in [6, 6.07) is 4.38. The average Bonchev–Trinajstić information content (AvgIpc) is 2.82. The van der Waals surface area contributed by atoms with Crippen LogP contribution in [0.3, 0.4) is 0 Å². The minimum atomic E-state index is -3.78. The van der Waals surface area contributed by atoms with Gasteiger partial charge in [-0.15, -0.1) is 11.3 Å². The number of rotatable bonds is 4. The number of pyridine rings is 1. The molecule has 0 saturated heterocycles. The molecule has 2 N–H and O–H groups in total. The van der Waals surface area contributed by atoms with Crippen molar-refractivity contribution in [2.45, 2.75) is 11.8 Å². The number of nitrogens with zero attached hydrogens (tertiary/aromatic N) is 1. The van der Waals surface area contributed by atoms with Crippen LogP contribution in [0.2, 0.25) is 0 Å². The number of sulfonamides is 1. The summed E-state index contributed by atoms with van der Waals surface area (Å²) in [7, 11) is -3.78. The minimum absolute atomic E-state index is 0.0255. The van der Waals surface area contributed by atoms with E-state index in [0.29, 0.717) is 5.69 Å². The Morgan fingerprint density at radius 2 is 2.16 bits per heavy atom. The highest BCUT2D eigenvalue weighted by Gasteiger charge is 2.18. The molecule has 8 heteroatoms. The highest BCUT2D eigenvalue weighted by Crippen LogP contribution is 2.21. The van der Waals surface area contributed by atoms with Crippen molar-refractivity contribution in [2.75, 3.05) is 4.72 Å². The second-order valence-electron chi connectivity index (χ2n) is 3.75. The zero-order valence-corrected chi connectivity index (χ0v) is 11.5. The summed E-state index contributed by atoms with van der Waals surface area (Å²) in [6.45, 7) is 1.79. The fourth-order valence-corrected chi connectivity index (χ4v) is 3.47. The van der Waals surface area contributed by atoms with E-state index >= 15 is 0 Å². The Morgan fingerprint density at radius 1 is 1.42 bits per heavy atom. The molecule has 0 unspecified atom stereocenters. The fraction of sp³-hybridized carbons (Fsp3) is 0.0909. The highest BCUT2D eigenvalue weighted by molar-refractivity contribution is 7.92. The molecular formula is C11H10N2O4S2. The van der Waals surface area contributed by atoms with Crippen molar-refractivity contribution >= 4 is 33.0 Å². The summed E-state index contributed by atoms with van der Waals surface area (Å²) in [4.78, 5) is 14.6. The molecule has 0 atom stereocenters. The van der Waals surface area contributed by atoms with Gasteiger partial charge in [-0.1, -0.05) is 0 Å². The average molecular weight is 298 g/mol. The number of carboxylic acid groups (broad SMARTS) is 1. The van der Waals surface area contributed by atoms with Gasteiger partial charge in [-0.05, 0) is 25.1 Å². The first-order valence-corrected chi connectivity index (χ1v) is 7.52. The number of nitrogens with one attached hydrogen (secondary N) is 1. The lowest BCUT2D eigenvalue weighted by Crippen LogP contribution is -2.12. The predicted molar refractivity (Wildman–Crippen MR) is 71.1 cm³/mol. The normalized spacial score (nSPS) is 11.2. The molecule has 2 aromatic heterocycles. The number of aromatic carboxylic acids is 1. The van der Waals surface area contributed by atoms with E-state index in [4.69, 9.17) is 5.11 Å². The molecular weight excluding hydrogens is 288 g/mol. The monoisotopic (exact) mass is 298 g/mol. The third-order valence-electron chi connectivity index (χ3n) is 2.26. The Bertz CT molecular complexity index is 705. The van der Waals surface area contributed by atoms with Crippen molar-refractivity contribution in [3.8, 4) is 0 Å². The molecule has 100 valence electrons. The number of carbonyl (C=O) groups is 1. The predicted octanol–water partition coefficient (Wildman–Crippen LogP) is 1.95. The van der Waals surface area contributed by atoms with Gasteiger partial charge in [-0.3, -0.25) is 9.71 Å². The standard InChI is InChI=1S/C11H10N2O4S2/c1-7-2-3-8(5-12-7)13-19(16,17)9-4-10(11(14)15)18-6-9/h2-6,13H,1H3,(H,14,15). The van der Waals surface area contributed by atoms with E-state index in [0.717, 1.165) is 23.1 Å². The van der Waals surface area contributed by atoms with Gasteiger partial charge in [0.15, 0.2) is 0 Å². The number of carboxylic acids is 1. The molecule has 2 aromatic rings. The van der Waals surface area contributed by atoms with E-state index in [1.165, 1.54) is 11.6 Å². The number of hydrogen-bond acceptors (Lipinski definition) is 5. The molecule has 0 aromatic carbocycles. The molecule has 0 aliphatic heterocycles. The summed E-state index contributed by atoms with van der Waals surface area (Å²) < 4.78 is 26.3. The van der Waals surface area contributed by atoms with Crippen LogP contribution >= 0.6 is 11.3 Å². The lowest BCUT2D eigenvalue weighted by Gasteiger charge is -2.05. The van der Waals surface area contributed by atoms with Crippen LogP contribution in [0.4, 0.5) is 5.69 Å². The molecule has 0 amide bonds. The van der Waals surface area contributed by atoms with E-state index in [1.807, 2.05) is 0 Å². The zero-order valence-electron chi connectivity index (χ0n) is 9.82. The maximum atomic E-state index is 12.0. The molecule has 0 saturated carbocycles. The molecule has 6 nitrogen and oxygen atoms in total. The smallest absolute Gasteiger partial charge is 0.345 e. The molecule has 0 fully saturated rings. The molecule has 19 heavy (non-hydrogen) atoms.